The van der Waals surface area contributed by atoms with Gasteiger partial charge in [-0.1, -0.05) is 36.4 Å². The van der Waals surface area contributed by atoms with Crippen LogP contribution in [0.2, 0.25) is 0 Å². The second kappa shape index (κ2) is 1.73. The van der Waals surface area contributed by atoms with Crippen LogP contribution in [0.3, 0.4) is 0 Å². The number of allylic oxidation sites excluding steroid dienone is 1. The summed E-state index contributed by atoms with van der Waals surface area (Å²) >= 11 is 0. The third-order valence-corrected chi connectivity index (χ3v) is 1.46. The molecule has 0 saturated heterocycles. The van der Waals surface area contributed by atoms with E-state index in [2.05, 4.69) is 24.6 Å². The minimum Gasteiger partial charge on any atom is -0.0708 e. The van der Waals surface area contributed by atoms with E-state index < -0.39 is 0 Å². The third-order valence-electron chi connectivity index (χ3n) is 1.46. The molecule has 0 fully saturated rings. The van der Waals surface area contributed by atoms with Crippen LogP contribution >= 0.6 is 0 Å². The van der Waals surface area contributed by atoms with E-state index in [1.54, 1.807) is 0 Å². The van der Waals surface area contributed by atoms with E-state index in [1.165, 1.54) is 11.1 Å². The lowest BCUT2D eigenvalue weighted by molar-refractivity contribution is 1.55. The van der Waals surface area contributed by atoms with Gasteiger partial charge in [-0.2, -0.15) is 0 Å². The van der Waals surface area contributed by atoms with Gasteiger partial charge < -0.3 is 0 Å². The highest BCUT2D eigenvalue weighted by atomic mass is 14.0. The molecule has 0 heteroatoms. The Bertz CT molecular complexity index is 246. The molecule has 1 aromatic rings. The van der Waals surface area contributed by atoms with Gasteiger partial charge in [0.05, 0.1) is 0 Å². The van der Waals surface area contributed by atoms with Crippen LogP contribution in [-0.2, 0) is 0 Å². The second-order valence-corrected chi connectivity index (χ2v) is 2.06. The topological polar surface area (TPSA) is 0 Å². The van der Waals surface area contributed by atoms with Crippen LogP contribution in [0.1, 0.15) is 11.1 Å². The summed E-state index contributed by atoms with van der Waals surface area (Å²) in [6.07, 6.45) is 7.13. The van der Waals surface area contributed by atoms with E-state index in [4.69, 9.17) is 0 Å². The summed E-state index contributed by atoms with van der Waals surface area (Å²) in [7, 11) is 0. The Morgan fingerprint density at radius 3 is 2.89 bits per heavy atom. The number of hydrogen-bond donors (Lipinski definition) is 0. The van der Waals surface area contributed by atoms with E-state index in [1.807, 2.05) is 18.2 Å². The predicted octanol–water partition coefficient (Wildman–Crippen LogP) is 2.14. The first-order valence-electron chi connectivity index (χ1n) is 2.99. The van der Waals surface area contributed by atoms with Crippen molar-refractivity contribution in [2.24, 2.45) is 0 Å². The minimum atomic E-state index is 1.21. The fourth-order valence-corrected chi connectivity index (χ4v) is 0.995. The average Bonchev–Trinajstić information content (AvgIpc) is 2.33. The molecule has 9 heavy (non-hydrogen) atoms. The molecule has 0 aromatic heterocycles. The lowest BCUT2D eigenvalue weighted by atomic mass is 10.1. The highest BCUT2D eigenvalue weighted by Crippen LogP contribution is 2.19. The van der Waals surface area contributed by atoms with Gasteiger partial charge >= 0.3 is 0 Å². The molecule has 0 aliphatic heterocycles. The van der Waals surface area contributed by atoms with E-state index in [0.29, 0.717) is 0 Å². The van der Waals surface area contributed by atoms with Crippen LogP contribution in [-0.4, -0.2) is 0 Å². The van der Waals surface area contributed by atoms with E-state index >= 15 is 0 Å². The zero-order valence-electron chi connectivity index (χ0n) is 4.96. The Labute approximate surface area is 54.8 Å². The SMILES string of the molecule is [C]1C=Cc2ccccc21. The molecular formula is C9H6. The Morgan fingerprint density at radius 1 is 1.11 bits per heavy atom. The molecule has 1 aliphatic rings. The maximum atomic E-state index is 3.12. The zero-order valence-corrected chi connectivity index (χ0v) is 4.96. The van der Waals surface area contributed by atoms with Gasteiger partial charge in [-0.25, -0.2) is 0 Å². The van der Waals surface area contributed by atoms with Crippen LogP contribution in [0.25, 0.3) is 6.08 Å². The van der Waals surface area contributed by atoms with Gasteiger partial charge in [0.2, 0.25) is 0 Å². The van der Waals surface area contributed by atoms with Crippen molar-refractivity contribution < 1.29 is 0 Å². The molecule has 0 spiro atoms. The summed E-state index contributed by atoms with van der Waals surface area (Å²) in [5.41, 5.74) is 2.48. The monoisotopic (exact) mass is 114 g/mol. The Balaban J connectivity index is 2.63. The molecule has 0 atom stereocenters. The summed E-state index contributed by atoms with van der Waals surface area (Å²) < 4.78 is 0. The molecule has 0 bridgehead atoms. The van der Waals surface area contributed by atoms with Crippen LogP contribution in [0, 0.1) is 6.42 Å². The third kappa shape index (κ3) is 0.672. The summed E-state index contributed by atoms with van der Waals surface area (Å²) in [6.45, 7) is 0. The fraction of sp³-hybridized carbons (Fsp3) is 0. The van der Waals surface area contributed by atoms with Crippen LogP contribution in [0.15, 0.2) is 30.3 Å². The lowest BCUT2D eigenvalue weighted by Gasteiger charge is -1.92. The molecular weight excluding hydrogens is 108 g/mol. The van der Waals surface area contributed by atoms with Gasteiger partial charge in [0.25, 0.3) is 0 Å². The van der Waals surface area contributed by atoms with Crippen LogP contribution < -0.4 is 0 Å². The molecule has 0 nitrogen and oxygen atoms in total. The average molecular weight is 114 g/mol. The predicted molar refractivity (Wildman–Crippen MR) is 37.8 cm³/mol. The number of rotatable bonds is 0. The standard InChI is InChI=1S/C9H6/c1-2-5-9-7-3-6-8(9)4-1/h1-6H. The number of hydrogen-bond acceptors (Lipinski definition) is 0. The van der Waals surface area contributed by atoms with E-state index in [0.717, 1.165) is 0 Å². The molecule has 0 unspecified atom stereocenters. The van der Waals surface area contributed by atoms with Gasteiger partial charge in [0.1, 0.15) is 0 Å². The van der Waals surface area contributed by atoms with E-state index in [9.17, 15) is 0 Å². The van der Waals surface area contributed by atoms with Crippen molar-refractivity contribution in [3.8, 4) is 0 Å². The normalized spacial score (nSPS) is 13.8. The smallest absolute Gasteiger partial charge is 0.0429 e. The molecule has 0 N–H and O–H groups in total. The molecule has 0 saturated carbocycles. The summed E-state index contributed by atoms with van der Waals surface area (Å²) in [5.74, 6) is 0. The second-order valence-electron chi connectivity index (χ2n) is 2.06. The van der Waals surface area contributed by atoms with Gasteiger partial charge in [0, 0.05) is 6.42 Å². The first-order valence-corrected chi connectivity index (χ1v) is 2.99. The van der Waals surface area contributed by atoms with Crippen LogP contribution in [0.5, 0.6) is 0 Å². The van der Waals surface area contributed by atoms with Gasteiger partial charge in [-0.05, 0) is 11.1 Å². The molecule has 2 radical (unpaired) electrons. The Kier molecular flexibility index (Phi) is 0.922. The van der Waals surface area contributed by atoms with Crippen molar-refractivity contribution in [1.29, 1.82) is 0 Å². The fourth-order valence-electron chi connectivity index (χ4n) is 0.995. The summed E-state index contributed by atoms with van der Waals surface area (Å²) in [6, 6.07) is 8.22. The first kappa shape index (κ1) is 4.80. The zero-order chi connectivity index (χ0) is 6.10. The molecule has 1 aliphatic carbocycles. The molecule has 0 amide bonds. The van der Waals surface area contributed by atoms with Gasteiger partial charge in [-0.3, -0.25) is 0 Å². The van der Waals surface area contributed by atoms with E-state index in [-0.39, 0.29) is 0 Å². The van der Waals surface area contributed by atoms with Crippen molar-refractivity contribution >= 4 is 6.08 Å². The lowest BCUT2D eigenvalue weighted by Crippen LogP contribution is -1.74. The molecule has 0 heterocycles. The van der Waals surface area contributed by atoms with Crippen molar-refractivity contribution in [2.45, 2.75) is 0 Å². The molecule has 2 rings (SSSR count). The number of fused-ring (bicyclic) bond motifs is 1. The quantitative estimate of drug-likeness (QED) is 0.484. The van der Waals surface area contributed by atoms with Crippen molar-refractivity contribution in [1.82, 2.24) is 0 Å². The van der Waals surface area contributed by atoms with Crippen molar-refractivity contribution in [2.75, 3.05) is 0 Å². The van der Waals surface area contributed by atoms with Gasteiger partial charge in [-0.15, -0.1) is 0 Å². The number of benzene rings is 1. The summed E-state index contributed by atoms with van der Waals surface area (Å²) in [4.78, 5) is 0. The molecule has 42 valence electrons. The Morgan fingerprint density at radius 2 is 2.00 bits per heavy atom. The maximum absolute atomic E-state index is 3.12. The molecule has 1 aromatic carbocycles. The van der Waals surface area contributed by atoms with Gasteiger partial charge in [0.15, 0.2) is 0 Å². The maximum Gasteiger partial charge on any atom is 0.0429 e. The highest BCUT2D eigenvalue weighted by molar-refractivity contribution is 5.64. The Hall–Kier alpha value is -1.04. The van der Waals surface area contributed by atoms with Crippen molar-refractivity contribution in [3.05, 3.63) is 47.9 Å². The van der Waals surface area contributed by atoms with Crippen LogP contribution in [0.4, 0.5) is 0 Å². The first-order chi connectivity index (χ1) is 4.47. The van der Waals surface area contributed by atoms with Crippen molar-refractivity contribution in [3.63, 3.8) is 0 Å². The summed E-state index contributed by atoms with van der Waals surface area (Å²) in [5, 5.41) is 0. The highest BCUT2D eigenvalue weighted by Gasteiger charge is 2.01. The largest absolute Gasteiger partial charge is 0.0708 e. The minimum absolute atomic E-state index is 1.21.